The van der Waals surface area contributed by atoms with E-state index in [9.17, 15) is 4.79 Å². The number of nitrogens with zero attached hydrogens (tertiary/aromatic N) is 1. The van der Waals surface area contributed by atoms with Crippen LogP contribution in [0.1, 0.15) is 11.5 Å². The fraction of sp³-hybridized carbons (Fsp3) is 0.133. The van der Waals surface area contributed by atoms with Crippen LogP contribution in [0.4, 0.5) is 0 Å². The molecule has 0 saturated heterocycles. The number of hydrogen-bond donors (Lipinski definition) is 1. The van der Waals surface area contributed by atoms with Gasteiger partial charge < -0.3 is 14.1 Å². The summed E-state index contributed by atoms with van der Waals surface area (Å²) in [5, 5.41) is 9.68. The molecule has 19 heavy (non-hydrogen) atoms. The lowest BCUT2D eigenvalue weighted by Gasteiger charge is -2.08. The van der Waals surface area contributed by atoms with Gasteiger partial charge in [-0.1, -0.05) is 12.1 Å². The molecule has 0 aliphatic heterocycles. The molecule has 2 heterocycles. The Morgan fingerprint density at radius 2 is 1.84 bits per heavy atom. The summed E-state index contributed by atoms with van der Waals surface area (Å²) in [5.74, 6) is 1.29. The van der Waals surface area contributed by atoms with Crippen molar-refractivity contribution in [1.29, 1.82) is 0 Å². The zero-order chi connectivity index (χ0) is 13.2. The molecule has 0 radical (unpaired) electrons. The lowest BCUT2D eigenvalue weighted by molar-refractivity contribution is 0.243. The monoisotopic (exact) mass is 255 g/mol. The predicted molar refractivity (Wildman–Crippen MR) is 71.9 cm³/mol. The topological polar surface area (TPSA) is 55.4 Å². The number of furan rings is 1. The Labute approximate surface area is 109 Å². The number of rotatable bonds is 3. The average molecular weight is 255 g/mol. The van der Waals surface area contributed by atoms with Gasteiger partial charge in [-0.25, -0.2) is 0 Å². The summed E-state index contributed by atoms with van der Waals surface area (Å²) in [6.07, 6.45) is 1.76. The molecule has 4 nitrogen and oxygen atoms in total. The fourth-order valence-corrected chi connectivity index (χ4v) is 2.16. The van der Waals surface area contributed by atoms with Gasteiger partial charge in [0.25, 0.3) is 0 Å². The summed E-state index contributed by atoms with van der Waals surface area (Å²) in [4.78, 5) is 11.8. The number of para-hydroxylation sites is 1. The summed E-state index contributed by atoms with van der Waals surface area (Å²) in [7, 11) is 0. The molecule has 0 saturated carbocycles. The highest BCUT2D eigenvalue weighted by atomic mass is 16.4. The molecule has 0 aliphatic rings. The van der Waals surface area contributed by atoms with Crippen LogP contribution in [0.2, 0.25) is 0 Å². The van der Waals surface area contributed by atoms with E-state index in [1.54, 1.807) is 18.3 Å². The Kier molecular flexibility index (Phi) is 2.93. The molecule has 0 amide bonds. The van der Waals surface area contributed by atoms with Gasteiger partial charge in [0, 0.05) is 17.6 Å². The van der Waals surface area contributed by atoms with Gasteiger partial charge in [-0.15, -0.1) is 0 Å². The van der Waals surface area contributed by atoms with Crippen molar-refractivity contribution in [2.45, 2.75) is 13.2 Å². The third-order valence-electron chi connectivity index (χ3n) is 3.08. The second-order valence-corrected chi connectivity index (χ2v) is 4.35. The van der Waals surface area contributed by atoms with Gasteiger partial charge in [0.15, 0.2) is 5.43 Å². The van der Waals surface area contributed by atoms with Gasteiger partial charge in [-0.05, 0) is 24.3 Å². The summed E-state index contributed by atoms with van der Waals surface area (Å²) in [6, 6.07) is 12.6. The molecule has 3 aromatic rings. The fourth-order valence-electron chi connectivity index (χ4n) is 2.16. The van der Waals surface area contributed by atoms with E-state index in [4.69, 9.17) is 9.52 Å². The maximum absolute atomic E-state index is 11.8. The van der Waals surface area contributed by atoms with E-state index in [0.717, 1.165) is 11.3 Å². The van der Waals surface area contributed by atoms with Crippen molar-refractivity contribution in [1.82, 2.24) is 4.57 Å². The average Bonchev–Trinajstić information content (AvgIpc) is 2.90. The SMILES string of the molecule is O=c1ccn(Cc2ccc(CO)o2)c2ccccc12. The van der Waals surface area contributed by atoms with E-state index in [0.29, 0.717) is 17.7 Å². The van der Waals surface area contributed by atoms with Crippen LogP contribution in [0.3, 0.4) is 0 Å². The number of hydrogen-bond acceptors (Lipinski definition) is 3. The normalized spacial score (nSPS) is 11.0. The van der Waals surface area contributed by atoms with Crippen LogP contribution in [-0.4, -0.2) is 9.67 Å². The molecule has 2 aromatic heterocycles. The van der Waals surface area contributed by atoms with Crippen LogP contribution in [0, 0.1) is 0 Å². The molecule has 1 N–H and O–H groups in total. The zero-order valence-corrected chi connectivity index (χ0v) is 10.2. The van der Waals surface area contributed by atoms with Crippen LogP contribution in [0.15, 0.2) is 57.9 Å². The highest BCUT2D eigenvalue weighted by Gasteiger charge is 2.05. The number of pyridine rings is 1. The standard InChI is InChI=1S/C15H13NO3/c17-10-12-6-5-11(19-12)9-16-8-7-15(18)13-3-1-2-4-14(13)16/h1-8,17H,9-10H2. The minimum absolute atomic E-state index is 0.0161. The van der Waals surface area contributed by atoms with E-state index in [2.05, 4.69) is 0 Å². The molecular weight excluding hydrogens is 242 g/mol. The van der Waals surface area contributed by atoms with Crippen molar-refractivity contribution in [3.05, 3.63) is 70.4 Å². The lowest BCUT2D eigenvalue weighted by atomic mass is 10.2. The molecule has 0 spiro atoms. The summed E-state index contributed by atoms with van der Waals surface area (Å²) >= 11 is 0. The van der Waals surface area contributed by atoms with Crippen LogP contribution in [0.25, 0.3) is 10.9 Å². The largest absolute Gasteiger partial charge is 0.462 e. The highest BCUT2D eigenvalue weighted by molar-refractivity contribution is 5.78. The summed E-state index contributed by atoms with van der Waals surface area (Å²) in [5.41, 5.74) is 0.888. The van der Waals surface area contributed by atoms with E-state index in [-0.39, 0.29) is 12.0 Å². The lowest BCUT2D eigenvalue weighted by Crippen LogP contribution is -2.08. The van der Waals surface area contributed by atoms with Crippen molar-refractivity contribution in [3.63, 3.8) is 0 Å². The minimum atomic E-state index is -0.106. The van der Waals surface area contributed by atoms with Gasteiger partial charge in [-0.2, -0.15) is 0 Å². The summed E-state index contributed by atoms with van der Waals surface area (Å²) in [6.45, 7) is 0.422. The Balaban J connectivity index is 2.06. The van der Waals surface area contributed by atoms with E-state index >= 15 is 0 Å². The first kappa shape index (κ1) is 11.7. The maximum Gasteiger partial charge on any atom is 0.189 e. The van der Waals surface area contributed by atoms with Crippen molar-refractivity contribution in [3.8, 4) is 0 Å². The molecule has 0 aliphatic carbocycles. The van der Waals surface area contributed by atoms with Gasteiger partial charge in [0.1, 0.15) is 18.1 Å². The van der Waals surface area contributed by atoms with Gasteiger partial charge in [-0.3, -0.25) is 4.79 Å². The van der Waals surface area contributed by atoms with Crippen LogP contribution >= 0.6 is 0 Å². The molecule has 0 fully saturated rings. The Morgan fingerprint density at radius 3 is 2.63 bits per heavy atom. The Morgan fingerprint density at radius 1 is 1.05 bits per heavy atom. The van der Waals surface area contributed by atoms with E-state index in [1.165, 1.54) is 0 Å². The first-order chi connectivity index (χ1) is 9.28. The first-order valence-electron chi connectivity index (χ1n) is 6.04. The van der Waals surface area contributed by atoms with E-state index < -0.39 is 0 Å². The Hall–Kier alpha value is -2.33. The first-order valence-corrected chi connectivity index (χ1v) is 6.04. The van der Waals surface area contributed by atoms with Gasteiger partial charge in [0.05, 0.1) is 12.1 Å². The van der Waals surface area contributed by atoms with Crippen molar-refractivity contribution in [2.24, 2.45) is 0 Å². The molecule has 96 valence electrons. The molecule has 3 rings (SSSR count). The van der Waals surface area contributed by atoms with Gasteiger partial charge in [0.2, 0.25) is 0 Å². The van der Waals surface area contributed by atoms with Crippen LogP contribution < -0.4 is 5.43 Å². The number of aliphatic hydroxyl groups is 1. The van der Waals surface area contributed by atoms with Crippen molar-refractivity contribution >= 4 is 10.9 Å². The van der Waals surface area contributed by atoms with Gasteiger partial charge >= 0.3 is 0 Å². The van der Waals surface area contributed by atoms with Crippen LogP contribution in [-0.2, 0) is 13.2 Å². The molecule has 1 aromatic carbocycles. The Bertz CT molecular complexity index is 770. The number of benzene rings is 1. The smallest absolute Gasteiger partial charge is 0.189 e. The van der Waals surface area contributed by atoms with E-state index in [1.807, 2.05) is 34.9 Å². The molecule has 0 bridgehead atoms. The number of aliphatic hydroxyl groups excluding tert-OH is 1. The second kappa shape index (κ2) is 4.74. The molecule has 0 atom stereocenters. The highest BCUT2D eigenvalue weighted by Crippen LogP contribution is 2.14. The molecule has 4 heteroatoms. The predicted octanol–water partition coefficient (Wildman–Crippen LogP) is 2.14. The minimum Gasteiger partial charge on any atom is -0.462 e. The summed E-state index contributed by atoms with van der Waals surface area (Å²) < 4.78 is 7.42. The second-order valence-electron chi connectivity index (χ2n) is 4.35. The van der Waals surface area contributed by atoms with Crippen molar-refractivity contribution in [2.75, 3.05) is 0 Å². The molecular formula is C15H13NO3. The third-order valence-corrected chi connectivity index (χ3v) is 3.08. The van der Waals surface area contributed by atoms with Crippen molar-refractivity contribution < 1.29 is 9.52 Å². The number of fused-ring (bicyclic) bond motifs is 1. The molecule has 0 unspecified atom stereocenters. The third kappa shape index (κ3) is 2.18. The maximum atomic E-state index is 11.8. The number of aromatic nitrogens is 1. The zero-order valence-electron chi connectivity index (χ0n) is 10.2. The van der Waals surface area contributed by atoms with Crippen LogP contribution in [0.5, 0.6) is 0 Å². The quantitative estimate of drug-likeness (QED) is 0.780.